The molecule has 0 saturated heterocycles. The summed E-state index contributed by atoms with van der Waals surface area (Å²) in [5.74, 6) is 0.462. The molecule has 0 heterocycles. The minimum atomic E-state index is -0.339. The lowest BCUT2D eigenvalue weighted by molar-refractivity contribution is -0.131. The molecule has 0 fully saturated rings. The molecule has 27 heavy (non-hydrogen) atoms. The van der Waals surface area contributed by atoms with E-state index in [2.05, 4.69) is 10.3 Å². The highest BCUT2D eigenvalue weighted by atomic mass is 16.5. The van der Waals surface area contributed by atoms with Gasteiger partial charge in [-0.3, -0.25) is 9.79 Å². The molecular formula is C20H32N4O3. The Hall–Kier alpha value is -2.57. The molecule has 0 saturated carbocycles. The first-order valence-electron chi connectivity index (χ1n) is 9.41. The van der Waals surface area contributed by atoms with Gasteiger partial charge in [0, 0.05) is 33.2 Å². The number of amides is 1. The zero-order valence-corrected chi connectivity index (χ0v) is 17.1. The van der Waals surface area contributed by atoms with Crippen LogP contribution in [0, 0.1) is 0 Å². The van der Waals surface area contributed by atoms with E-state index in [1.54, 1.807) is 12.1 Å². The average Bonchev–Trinajstić information content (AvgIpc) is 2.68. The van der Waals surface area contributed by atoms with E-state index in [1.807, 2.05) is 49.8 Å². The van der Waals surface area contributed by atoms with Crippen molar-refractivity contribution in [2.24, 2.45) is 4.99 Å². The summed E-state index contributed by atoms with van der Waals surface area (Å²) in [6, 6.07) is 7.32. The molecule has 0 aliphatic carbocycles. The standard InChI is InChI=1S/C20H32N4O3/c1-6-21-20(23(4)15-18(25)24(7-2)8-3)22-14-13-16-9-11-17(12-10-16)19(26)27-5/h9-12H,6-8,13-15H2,1-5H3,(H,21,22). The zero-order valence-electron chi connectivity index (χ0n) is 17.1. The van der Waals surface area contributed by atoms with Crippen LogP contribution in [0.3, 0.4) is 0 Å². The molecule has 7 nitrogen and oxygen atoms in total. The van der Waals surface area contributed by atoms with E-state index < -0.39 is 0 Å². The minimum Gasteiger partial charge on any atom is -0.465 e. The van der Waals surface area contributed by atoms with E-state index in [9.17, 15) is 9.59 Å². The number of methoxy groups -OCH3 is 1. The normalized spacial score (nSPS) is 11.1. The Balaban J connectivity index is 2.67. The van der Waals surface area contributed by atoms with Gasteiger partial charge in [-0.1, -0.05) is 12.1 Å². The van der Waals surface area contributed by atoms with Crippen LogP contribution >= 0.6 is 0 Å². The Kier molecular flexibility index (Phi) is 9.93. The Morgan fingerprint density at radius 2 is 1.74 bits per heavy atom. The fraction of sp³-hybridized carbons (Fsp3) is 0.550. The topological polar surface area (TPSA) is 74.2 Å². The smallest absolute Gasteiger partial charge is 0.337 e. The van der Waals surface area contributed by atoms with Gasteiger partial charge >= 0.3 is 5.97 Å². The largest absolute Gasteiger partial charge is 0.465 e. The molecular weight excluding hydrogens is 344 g/mol. The second kappa shape index (κ2) is 11.9. The molecule has 1 N–H and O–H groups in total. The van der Waals surface area contributed by atoms with Crippen LogP contribution in [0.1, 0.15) is 36.7 Å². The average molecular weight is 377 g/mol. The fourth-order valence-corrected chi connectivity index (χ4v) is 2.64. The molecule has 0 aromatic heterocycles. The van der Waals surface area contributed by atoms with Crippen molar-refractivity contribution >= 4 is 17.8 Å². The molecule has 0 aliphatic heterocycles. The van der Waals surface area contributed by atoms with Gasteiger partial charge in [0.1, 0.15) is 0 Å². The predicted octanol–water partition coefficient (Wildman–Crippen LogP) is 1.78. The van der Waals surface area contributed by atoms with Crippen LogP contribution in [0.4, 0.5) is 0 Å². The number of ether oxygens (including phenoxy) is 1. The third kappa shape index (κ3) is 7.29. The first kappa shape index (κ1) is 22.5. The molecule has 0 spiro atoms. The van der Waals surface area contributed by atoms with Gasteiger partial charge in [-0.05, 0) is 44.9 Å². The van der Waals surface area contributed by atoms with Crippen LogP contribution < -0.4 is 5.32 Å². The van der Waals surface area contributed by atoms with Crippen molar-refractivity contribution in [2.45, 2.75) is 27.2 Å². The zero-order chi connectivity index (χ0) is 20.2. The quantitative estimate of drug-likeness (QED) is 0.404. The fourth-order valence-electron chi connectivity index (χ4n) is 2.64. The molecule has 1 aromatic rings. The van der Waals surface area contributed by atoms with Gasteiger partial charge in [-0.25, -0.2) is 4.79 Å². The number of rotatable bonds is 9. The molecule has 150 valence electrons. The number of likely N-dealkylation sites (N-methyl/N-ethyl adjacent to an activating group) is 2. The maximum Gasteiger partial charge on any atom is 0.337 e. The Morgan fingerprint density at radius 3 is 2.26 bits per heavy atom. The van der Waals surface area contributed by atoms with E-state index in [0.717, 1.165) is 18.5 Å². The van der Waals surface area contributed by atoms with Crippen molar-refractivity contribution in [3.05, 3.63) is 35.4 Å². The number of guanidine groups is 1. The van der Waals surface area contributed by atoms with Gasteiger partial charge in [0.15, 0.2) is 5.96 Å². The monoisotopic (exact) mass is 376 g/mol. The Morgan fingerprint density at radius 1 is 1.11 bits per heavy atom. The van der Waals surface area contributed by atoms with Gasteiger partial charge in [0.25, 0.3) is 0 Å². The number of esters is 1. The summed E-state index contributed by atoms with van der Waals surface area (Å²) in [7, 11) is 3.24. The van der Waals surface area contributed by atoms with Crippen molar-refractivity contribution in [1.29, 1.82) is 0 Å². The highest BCUT2D eigenvalue weighted by Gasteiger charge is 2.14. The summed E-state index contributed by atoms with van der Waals surface area (Å²) >= 11 is 0. The number of nitrogens with zero attached hydrogens (tertiary/aromatic N) is 3. The summed E-state index contributed by atoms with van der Waals surface area (Å²) in [5.41, 5.74) is 1.62. The molecule has 0 unspecified atom stereocenters. The molecule has 0 radical (unpaired) electrons. The Bertz CT molecular complexity index is 625. The number of carbonyl (C=O) groups excluding carboxylic acids is 2. The van der Waals surface area contributed by atoms with Crippen molar-refractivity contribution in [3.8, 4) is 0 Å². The van der Waals surface area contributed by atoms with Crippen LogP contribution in [0.15, 0.2) is 29.3 Å². The summed E-state index contributed by atoms with van der Waals surface area (Å²) < 4.78 is 4.70. The number of carbonyl (C=O) groups is 2. The van der Waals surface area contributed by atoms with Crippen LogP contribution in [-0.4, -0.2) is 74.5 Å². The van der Waals surface area contributed by atoms with Crippen LogP contribution in [0.25, 0.3) is 0 Å². The lowest BCUT2D eigenvalue weighted by Crippen LogP contribution is -2.45. The van der Waals surface area contributed by atoms with E-state index in [4.69, 9.17) is 4.74 Å². The van der Waals surface area contributed by atoms with Gasteiger partial charge < -0.3 is 19.9 Å². The molecule has 0 bridgehead atoms. The first-order chi connectivity index (χ1) is 13.0. The highest BCUT2D eigenvalue weighted by molar-refractivity contribution is 5.89. The molecule has 0 aliphatic rings. The molecule has 1 aromatic carbocycles. The molecule has 1 amide bonds. The third-order valence-electron chi connectivity index (χ3n) is 4.22. The minimum absolute atomic E-state index is 0.0894. The van der Waals surface area contributed by atoms with Crippen molar-refractivity contribution in [2.75, 3.05) is 46.9 Å². The second-order valence-corrected chi connectivity index (χ2v) is 6.10. The third-order valence-corrected chi connectivity index (χ3v) is 4.22. The second-order valence-electron chi connectivity index (χ2n) is 6.10. The highest BCUT2D eigenvalue weighted by Crippen LogP contribution is 2.06. The van der Waals surface area contributed by atoms with Gasteiger partial charge in [-0.2, -0.15) is 0 Å². The van der Waals surface area contributed by atoms with Crippen molar-refractivity contribution in [3.63, 3.8) is 0 Å². The summed E-state index contributed by atoms with van der Waals surface area (Å²) in [6.45, 7) is 8.98. The molecule has 0 atom stereocenters. The van der Waals surface area contributed by atoms with Gasteiger partial charge in [-0.15, -0.1) is 0 Å². The maximum atomic E-state index is 12.3. The number of aliphatic imine (C=N–C) groups is 1. The van der Waals surface area contributed by atoms with Gasteiger partial charge in [0.2, 0.25) is 5.91 Å². The first-order valence-corrected chi connectivity index (χ1v) is 9.41. The van der Waals surface area contributed by atoms with Crippen molar-refractivity contribution in [1.82, 2.24) is 15.1 Å². The number of hydrogen-bond donors (Lipinski definition) is 1. The van der Waals surface area contributed by atoms with Crippen LogP contribution in [0.2, 0.25) is 0 Å². The van der Waals surface area contributed by atoms with E-state index >= 15 is 0 Å². The maximum absolute atomic E-state index is 12.3. The van der Waals surface area contributed by atoms with E-state index in [-0.39, 0.29) is 11.9 Å². The summed E-state index contributed by atoms with van der Waals surface area (Å²) in [6.07, 6.45) is 0.744. The predicted molar refractivity (Wildman–Crippen MR) is 108 cm³/mol. The lowest BCUT2D eigenvalue weighted by Gasteiger charge is -2.25. The SMILES string of the molecule is CCNC(=NCCc1ccc(C(=O)OC)cc1)N(C)CC(=O)N(CC)CC. The van der Waals surface area contributed by atoms with E-state index in [1.165, 1.54) is 7.11 Å². The lowest BCUT2D eigenvalue weighted by atomic mass is 10.1. The Labute approximate surface area is 162 Å². The van der Waals surface area contributed by atoms with Crippen LogP contribution in [-0.2, 0) is 16.0 Å². The van der Waals surface area contributed by atoms with Gasteiger partial charge in [0.05, 0.1) is 19.2 Å². The van der Waals surface area contributed by atoms with E-state index in [0.29, 0.717) is 37.7 Å². The number of benzene rings is 1. The molecule has 1 rings (SSSR count). The van der Waals surface area contributed by atoms with Crippen molar-refractivity contribution < 1.29 is 14.3 Å². The number of nitrogens with one attached hydrogen (secondary N) is 1. The molecule has 7 heteroatoms. The van der Waals surface area contributed by atoms with Crippen LogP contribution in [0.5, 0.6) is 0 Å². The number of hydrogen-bond acceptors (Lipinski definition) is 4. The summed E-state index contributed by atoms with van der Waals surface area (Å²) in [4.78, 5) is 32.0. The summed E-state index contributed by atoms with van der Waals surface area (Å²) in [5, 5.41) is 3.22.